The highest BCUT2D eigenvalue weighted by Crippen LogP contribution is 2.22. The van der Waals surface area contributed by atoms with E-state index in [0.29, 0.717) is 16.5 Å². The molecular weight excluding hydrogens is 211 g/mol. The highest BCUT2D eigenvalue weighted by atomic mass is 19.1. The molecule has 0 unspecified atom stereocenters. The summed E-state index contributed by atoms with van der Waals surface area (Å²) in [6.45, 7) is 0. The first kappa shape index (κ1) is 10.6. The molecular formula is C11H11FN2O2. The second kappa shape index (κ2) is 3.94. The molecule has 2 aromatic rings. The summed E-state index contributed by atoms with van der Waals surface area (Å²) in [6, 6.07) is 5.92. The van der Waals surface area contributed by atoms with Crippen LogP contribution in [0.1, 0.15) is 5.56 Å². The number of hydrogen-bond acceptors (Lipinski definition) is 2. The third-order valence-electron chi connectivity index (χ3n) is 2.50. The van der Waals surface area contributed by atoms with Crippen LogP contribution in [-0.2, 0) is 11.2 Å². The van der Waals surface area contributed by atoms with E-state index in [2.05, 4.69) is 4.98 Å². The molecule has 1 aromatic carbocycles. The third-order valence-corrected chi connectivity index (χ3v) is 2.50. The van der Waals surface area contributed by atoms with Gasteiger partial charge in [-0.15, -0.1) is 0 Å². The summed E-state index contributed by atoms with van der Waals surface area (Å²) in [5, 5.41) is 9.36. The highest BCUT2D eigenvalue weighted by molar-refractivity contribution is 5.84. The van der Waals surface area contributed by atoms with Crippen molar-refractivity contribution >= 4 is 16.9 Å². The summed E-state index contributed by atoms with van der Waals surface area (Å²) < 4.78 is 13.5. The van der Waals surface area contributed by atoms with Crippen molar-refractivity contribution in [1.82, 2.24) is 4.98 Å². The number of carboxylic acid groups (broad SMARTS) is 1. The SMILES string of the molecule is N[C@H](Cc1c(F)[nH]c2ccccc12)C(=O)O. The molecule has 1 heterocycles. The van der Waals surface area contributed by atoms with Crippen molar-refractivity contribution in [3.05, 3.63) is 35.8 Å². The van der Waals surface area contributed by atoms with Crippen molar-refractivity contribution in [3.63, 3.8) is 0 Å². The van der Waals surface area contributed by atoms with Crippen LogP contribution < -0.4 is 5.73 Å². The van der Waals surface area contributed by atoms with Crippen LogP contribution in [0.15, 0.2) is 24.3 Å². The molecule has 0 spiro atoms. The molecule has 2 rings (SSSR count). The Morgan fingerprint density at radius 3 is 2.88 bits per heavy atom. The topological polar surface area (TPSA) is 79.1 Å². The van der Waals surface area contributed by atoms with Gasteiger partial charge in [-0.3, -0.25) is 4.79 Å². The molecule has 0 aliphatic carbocycles. The normalized spacial score (nSPS) is 12.9. The fourth-order valence-electron chi connectivity index (χ4n) is 1.67. The van der Waals surface area contributed by atoms with Gasteiger partial charge in [0.05, 0.1) is 0 Å². The zero-order valence-electron chi connectivity index (χ0n) is 8.40. The van der Waals surface area contributed by atoms with E-state index in [0.717, 1.165) is 0 Å². The molecule has 5 heteroatoms. The number of nitrogens with one attached hydrogen (secondary N) is 1. The molecule has 4 N–H and O–H groups in total. The van der Waals surface area contributed by atoms with E-state index < -0.39 is 18.0 Å². The quantitative estimate of drug-likeness (QED) is 0.731. The van der Waals surface area contributed by atoms with Crippen LogP contribution in [0.2, 0.25) is 0 Å². The number of aliphatic carboxylic acids is 1. The predicted molar refractivity (Wildman–Crippen MR) is 57.6 cm³/mol. The number of aromatic nitrogens is 1. The van der Waals surface area contributed by atoms with E-state index in [1.807, 2.05) is 0 Å². The van der Waals surface area contributed by atoms with Gasteiger partial charge in [0.15, 0.2) is 5.95 Å². The number of aromatic amines is 1. The van der Waals surface area contributed by atoms with Crippen molar-refractivity contribution in [2.45, 2.75) is 12.5 Å². The smallest absolute Gasteiger partial charge is 0.320 e. The molecule has 84 valence electrons. The maximum atomic E-state index is 13.5. The van der Waals surface area contributed by atoms with Gasteiger partial charge in [0.1, 0.15) is 6.04 Å². The molecule has 16 heavy (non-hydrogen) atoms. The van der Waals surface area contributed by atoms with Gasteiger partial charge in [-0.2, -0.15) is 4.39 Å². The number of nitrogens with two attached hydrogens (primary N) is 1. The fraction of sp³-hybridized carbons (Fsp3) is 0.182. The van der Waals surface area contributed by atoms with Gasteiger partial charge >= 0.3 is 5.97 Å². The van der Waals surface area contributed by atoms with Gasteiger partial charge in [0, 0.05) is 22.9 Å². The molecule has 0 aliphatic heterocycles. The number of hydrogen-bond donors (Lipinski definition) is 3. The van der Waals surface area contributed by atoms with Gasteiger partial charge < -0.3 is 15.8 Å². The minimum absolute atomic E-state index is 0.0226. The van der Waals surface area contributed by atoms with Gasteiger partial charge in [-0.05, 0) is 6.07 Å². The number of rotatable bonds is 3. The molecule has 0 fully saturated rings. The lowest BCUT2D eigenvalue weighted by molar-refractivity contribution is -0.138. The average Bonchev–Trinajstić information content (AvgIpc) is 2.55. The monoisotopic (exact) mass is 222 g/mol. The Hall–Kier alpha value is -1.88. The number of H-pyrrole nitrogens is 1. The summed E-state index contributed by atoms with van der Waals surface area (Å²) in [4.78, 5) is 13.2. The summed E-state index contributed by atoms with van der Waals surface area (Å²) in [5.41, 5.74) is 6.36. The first-order valence-electron chi connectivity index (χ1n) is 4.83. The maximum absolute atomic E-state index is 13.5. The minimum atomic E-state index is -1.13. The molecule has 0 aliphatic rings. The van der Waals surface area contributed by atoms with Crippen LogP contribution in [0, 0.1) is 5.95 Å². The van der Waals surface area contributed by atoms with Crippen LogP contribution in [-0.4, -0.2) is 22.1 Å². The number of para-hydroxylation sites is 1. The van der Waals surface area contributed by atoms with E-state index in [9.17, 15) is 9.18 Å². The molecule has 0 bridgehead atoms. The molecule has 0 saturated heterocycles. The maximum Gasteiger partial charge on any atom is 0.320 e. The molecule has 1 atom stereocenters. The second-order valence-electron chi connectivity index (χ2n) is 3.61. The Morgan fingerprint density at radius 2 is 2.19 bits per heavy atom. The molecule has 0 radical (unpaired) electrons. The fourth-order valence-corrected chi connectivity index (χ4v) is 1.67. The number of fused-ring (bicyclic) bond motifs is 1. The summed E-state index contributed by atoms with van der Waals surface area (Å²) in [6.07, 6.45) is -0.0226. The van der Waals surface area contributed by atoms with Crippen molar-refractivity contribution in [2.75, 3.05) is 0 Å². The van der Waals surface area contributed by atoms with Crippen molar-refractivity contribution in [3.8, 4) is 0 Å². The van der Waals surface area contributed by atoms with Gasteiger partial charge in [0.2, 0.25) is 0 Å². The van der Waals surface area contributed by atoms with Crippen molar-refractivity contribution in [1.29, 1.82) is 0 Å². The number of carbonyl (C=O) groups is 1. The van der Waals surface area contributed by atoms with E-state index >= 15 is 0 Å². The van der Waals surface area contributed by atoms with Crippen molar-refractivity contribution in [2.24, 2.45) is 5.73 Å². The van der Waals surface area contributed by atoms with E-state index in [1.54, 1.807) is 24.3 Å². The van der Waals surface area contributed by atoms with Gasteiger partial charge in [0.25, 0.3) is 0 Å². The Labute approximate surface area is 90.9 Å². The number of benzene rings is 1. The lowest BCUT2D eigenvalue weighted by Crippen LogP contribution is -2.32. The average molecular weight is 222 g/mol. The summed E-state index contributed by atoms with van der Waals surface area (Å²) in [7, 11) is 0. The lowest BCUT2D eigenvalue weighted by atomic mass is 10.1. The first-order chi connectivity index (χ1) is 7.59. The van der Waals surface area contributed by atoms with Crippen LogP contribution in [0.4, 0.5) is 4.39 Å². The van der Waals surface area contributed by atoms with E-state index in [4.69, 9.17) is 10.8 Å². The van der Waals surface area contributed by atoms with Crippen LogP contribution >= 0.6 is 0 Å². The molecule has 4 nitrogen and oxygen atoms in total. The van der Waals surface area contributed by atoms with E-state index in [-0.39, 0.29) is 6.42 Å². The van der Waals surface area contributed by atoms with Crippen molar-refractivity contribution < 1.29 is 14.3 Å². The Morgan fingerprint density at radius 1 is 1.50 bits per heavy atom. The summed E-state index contributed by atoms with van der Waals surface area (Å²) >= 11 is 0. The molecule has 0 amide bonds. The van der Waals surface area contributed by atoms with Gasteiger partial charge in [-0.25, -0.2) is 0 Å². The third kappa shape index (κ3) is 1.77. The highest BCUT2D eigenvalue weighted by Gasteiger charge is 2.18. The number of carboxylic acids is 1. The van der Waals surface area contributed by atoms with Crippen LogP contribution in [0.3, 0.4) is 0 Å². The first-order valence-corrected chi connectivity index (χ1v) is 4.83. The summed E-state index contributed by atoms with van der Waals surface area (Å²) in [5.74, 6) is -1.65. The Balaban J connectivity index is 2.43. The lowest BCUT2D eigenvalue weighted by Gasteiger charge is -2.04. The Kier molecular flexibility index (Phi) is 2.62. The Bertz CT molecular complexity index is 536. The largest absolute Gasteiger partial charge is 0.480 e. The molecule has 1 aromatic heterocycles. The number of halogens is 1. The second-order valence-corrected chi connectivity index (χ2v) is 3.61. The van der Waals surface area contributed by atoms with Crippen LogP contribution in [0.5, 0.6) is 0 Å². The standard InChI is InChI=1S/C11H11FN2O2/c12-10-7(5-8(13)11(15)16)6-3-1-2-4-9(6)14-10/h1-4,8,14H,5,13H2,(H,15,16)/t8-/m1/s1. The minimum Gasteiger partial charge on any atom is -0.480 e. The van der Waals surface area contributed by atoms with Gasteiger partial charge in [-0.1, -0.05) is 18.2 Å². The predicted octanol–water partition coefficient (Wildman–Crippen LogP) is 1.26. The molecule has 0 saturated carbocycles. The zero-order valence-corrected chi connectivity index (χ0v) is 8.40. The van der Waals surface area contributed by atoms with Crippen LogP contribution in [0.25, 0.3) is 10.9 Å². The zero-order chi connectivity index (χ0) is 11.7. The van der Waals surface area contributed by atoms with E-state index in [1.165, 1.54) is 0 Å².